The smallest absolute Gasteiger partial charge is 0.241 e. The first kappa shape index (κ1) is 16.0. The molecule has 0 amide bonds. The summed E-state index contributed by atoms with van der Waals surface area (Å²) < 4.78 is 18.2. The molecule has 1 saturated heterocycles. The molecule has 1 fully saturated rings. The number of rotatable bonds is 5. The number of aryl methyl sites for hydroxylation is 2. The zero-order valence-corrected chi connectivity index (χ0v) is 14.3. The maximum atomic E-state index is 5.87. The molecular weight excluding hydrogens is 324 g/mol. The number of aromatic nitrogens is 5. The first-order valence-electron chi connectivity index (χ1n) is 8.24. The van der Waals surface area contributed by atoms with Crippen molar-refractivity contribution in [3.63, 3.8) is 0 Å². The van der Waals surface area contributed by atoms with Gasteiger partial charge in [0.05, 0.1) is 37.6 Å². The van der Waals surface area contributed by atoms with Gasteiger partial charge in [0.2, 0.25) is 11.7 Å². The van der Waals surface area contributed by atoms with E-state index in [1.807, 2.05) is 24.6 Å². The van der Waals surface area contributed by atoms with Crippen molar-refractivity contribution >= 4 is 0 Å². The minimum atomic E-state index is 0.0600. The first-order chi connectivity index (χ1) is 12.2. The van der Waals surface area contributed by atoms with Crippen molar-refractivity contribution in [2.24, 2.45) is 0 Å². The Bertz CT molecular complexity index is 825. The molecule has 1 aliphatic rings. The number of furan rings is 1. The number of hydrogen-bond acceptors (Lipinski definition) is 8. The van der Waals surface area contributed by atoms with Gasteiger partial charge in [0, 0.05) is 13.1 Å². The monoisotopic (exact) mass is 344 g/mol. The van der Waals surface area contributed by atoms with E-state index in [4.69, 9.17) is 13.7 Å². The maximum absolute atomic E-state index is 5.87. The second-order valence-electron chi connectivity index (χ2n) is 6.14. The van der Waals surface area contributed by atoms with Gasteiger partial charge in [-0.1, -0.05) is 5.16 Å². The summed E-state index contributed by atoms with van der Waals surface area (Å²) in [4.78, 5) is 11.0. The third kappa shape index (κ3) is 3.62. The standard InChI is InChI=1S/C16H20N6O3/c1-11-17-12(2)22(19-11)8-14-7-21(4-6-24-14)9-15-18-16(20-25-15)13-3-5-23-10-13/h3,5,10,14H,4,6-9H2,1-2H3/t14-/m0/s1. The van der Waals surface area contributed by atoms with Crippen molar-refractivity contribution in [3.05, 3.63) is 36.1 Å². The average Bonchev–Trinajstić information content (AvgIpc) is 3.30. The van der Waals surface area contributed by atoms with E-state index in [9.17, 15) is 0 Å². The van der Waals surface area contributed by atoms with Crippen LogP contribution in [0.25, 0.3) is 11.4 Å². The van der Waals surface area contributed by atoms with Crippen molar-refractivity contribution in [2.45, 2.75) is 33.0 Å². The van der Waals surface area contributed by atoms with Crippen molar-refractivity contribution in [2.75, 3.05) is 19.7 Å². The lowest BCUT2D eigenvalue weighted by molar-refractivity contribution is -0.0429. The Kier molecular flexibility index (Phi) is 4.33. The predicted octanol–water partition coefficient (Wildman–Crippen LogP) is 1.44. The topological polar surface area (TPSA) is 95.2 Å². The molecule has 9 heteroatoms. The number of nitrogens with zero attached hydrogens (tertiary/aromatic N) is 6. The van der Waals surface area contributed by atoms with Crippen LogP contribution in [0.15, 0.2) is 27.5 Å². The van der Waals surface area contributed by atoms with Gasteiger partial charge in [0.1, 0.15) is 17.9 Å². The molecule has 9 nitrogen and oxygen atoms in total. The summed E-state index contributed by atoms with van der Waals surface area (Å²) >= 11 is 0. The highest BCUT2D eigenvalue weighted by Gasteiger charge is 2.24. The molecule has 0 unspecified atom stereocenters. The highest BCUT2D eigenvalue weighted by molar-refractivity contribution is 5.51. The third-order valence-electron chi connectivity index (χ3n) is 4.17. The highest BCUT2D eigenvalue weighted by atomic mass is 16.5. The molecule has 3 aromatic rings. The molecule has 132 valence electrons. The van der Waals surface area contributed by atoms with Crippen molar-refractivity contribution in [1.29, 1.82) is 0 Å². The molecule has 4 rings (SSSR count). The Hall–Kier alpha value is -2.52. The fourth-order valence-electron chi connectivity index (χ4n) is 2.98. The van der Waals surface area contributed by atoms with Crippen LogP contribution >= 0.6 is 0 Å². The first-order valence-corrected chi connectivity index (χ1v) is 8.24. The van der Waals surface area contributed by atoms with Gasteiger partial charge in [-0.25, -0.2) is 9.67 Å². The molecule has 4 heterocycles. The SMILES string of the molecule is Cc1nc(C)n(C[C@@H]2CN(Cc3nc(-c4ccoc4)no3)CCO2)n1. The maximum Gasteiger partial charge on any atom is 0.241 e. The summed E-state index contributed by atoms with van der Waals surface area (Å²) in [5.41, 5.74) is 0.812. The molecule has 0 spiro atoms. The third-order valence-corrected chi connectivity index (χ3v) is 4.17. The molecule has 25 heavy (non-hydrogen) atoms. The van der Waals surface area contributed by atoms with E-state index in [0.717, 1.165) is 30.3 Å². The lowest BCUT2D eigenvalue weighted by Gasteiger charge is -2.31. The Balaban J connectivity index is 1.37. The van der Waals surface area contributed by atoms with Gasteiger partial charge < -0.3 is 13.7 Å². The fourth-order valence-corrected chi connectivity index (χ4v) is 2.98. The van der Waals surface area contributed by atoms with Crippen molar-refractivity contribution in [3.8, 4) is 11.4 Å². The quantitative estimate of drug-likeness (QED) is 0.686. The summed E-state index contributed by atoms with van der Waals surface area (Å²) in [6.45, 7) is 7.41. The Morgan fingerprint density at radius 1 is 1.28 bits per heavy atom. The largest absolute Gasteiger partial charge is 0.472 e. The van der Waals surface area contributed by atoms with Crippen LogP contribution < -0.4 is 0 Å². The molecule has 0 aromatic carbocycles. The number of ether oxygens (including phenoxy) is 1. The van der Waals surface area contributed by atoms with Gasteiger partial charge in [0.15, 0.2) is 0 Å². The van der Waals surface area contributed by atoms with E-state index < -0.39 is 0 Å². The lowest BCUT2D eigenvalue weighted by Crippen LogP contribution is -2.44. The van der Waals surface area contributed by atoms with Crippen LogP contribution in [0.2, 0.25) is 0 Å². The molecule has 0 aliphatic carbocycles. The summed E-state index contributed by atoms with van der Waals surface area (Å²) in [5, 5.41) is 8.40. The predicted molar refractivity (Wildman–Crippen MR) is 86.5 cm³/mol. The van der Waals surface area contributed by atoms with E-state index in [1.54, 1.807) is 12.5 Å². The second-order valence-corrected chi connectivity index (χ2v) is 6.14. The molecule has 3 aromatic heterocycles. The lowest BCUT2D eigenvalue weighted by atomic mass is 10.2. The van der Waals surface area contributed by atoms with Gasteiger partial charge in [-0.3, -0.25) is 4.90 Å². The normalized spacial score (nSPS) is 18.7. The van der Waals surface area contributed by atoms with Crippen LogP contribution in [-0.4, -0.2) is 55.6 Å². The summed E-state index contributed by atoms with van der Waals surface area (Å²) in [6, 6.07) is 1.81. The van der Waals surface area contributed by atoms with Crippen LogP contribution in [0, 0.1) is 13.8 Å². The van der Waals surface area contributed by atoms with Crippen molar-refractivity contribution < 1.29 is 13.7 Å². The Morgan fingerprint density at radius 2 is 2.20 bits per heavy atom. The second kappa shape index (κ2) is 6.77. The average molecular weight is 344 g/mol. The van der Waals surface area contributed by atoms with Gasteiger partial charge in [-0.05, 0) is 19.9 Å². The molecule has 0 saturated carbocycles. The number of morpholine rings is 1. The molecule has 0 bridgehead atoms. The molecule has 0 radical (unpaired) electrons. The van der Waals surface area contributed by atoms with Crippen LogP contribution in [0.1, 0.15) is 17.5 Å². The van der Waals surface area contributed by atoms with Crippen LogP contribution in [-0.2, 0) is 17.8 Å². The van der Waals surface area contributed by atoms with Gasteiger partial charge in [-0.15, -0.1) is 0 Å². The van der Waals surface area contributed by atoms with Crippen LogP contribution in [0.3, 0.4) is 0 Å². The van der Waals surface area contributed by atoms with Crippen LogP contribution in [0.4, 0.5) is 0 Å². The van der Waals surface area contributed by atoms with E-state index in [0.29, 0.717) is 31.4 Å². The zero-order chi connectivity index (χ0) is 17.2. The fraction of sp³-hybridized carbons (Fsp3) is 0.500. The van der Waals surface area contributed by atoms with E-state index in [-0.39, 0.29) is 6.10 Å². The van der Waals surface area contributed by atoms with Gasteiger partial charge >= 0.3 is 0 Å². The Morgan fingerprint density at radius 3 is 2.96 bits per heavy atom. The summed E-state index contributed by atoms with van der Waals surface area (Å²) in [6.07, 6.45) is 3.25. The molecular formula is C16H20N6O3. The Labute approximate surface area is 144 Å². The summed E-state index contributed by atoms with van der Waals surface area (Å²) in [7, 11) is 0. The molecule has 1 aliphatic heterocycles. The molecule has 1 atom stereocenters. The van der Waals surface area contributed by atoms with E-state index >= 15 is 0 Å². The minimum Gasteiger partial charge on any atom is -0.472 e. The zero-order valence-electron chi connectivity index (χ0n) is 14.3. The van der Waals surface area contributed by atoms with Gasteiger partial charge in [-0.2, -0.15) is 10.1 Å². The summed E-state index contributed by atoms with van der Waals surface area (Å²) in [5.74, 6) is 2.81. The molecule has 0 N–H and O–H groups in total. The minimum absolute atomic E-state index is 0.0600. The van der Waals surface area contributed by atoms with E-state index in [2.05, 4.69) is 25.1 Å². The van der Waals surface area contributed by atoms with Crippen molar-refractivity contribution in [1.82, 2.24) is 29.8 Å². The van der Waals surface area contributed by atoms with Crippen LogP contribution in [0.5, 0.6) is 0 Å². The van der Waals surface area contributed by atoms with E-state index in [1.165, 1.54) is 0 Å². The number of hydrogen-bond donors (Lipinski definition) is 0. The van der Waals surface area contributed by atoms with Gasteiger partial charge in [0.25, 0.3) is 0 Å². The highest BCUT2D eigenvalue weighted by Crippen LogP contribution is 2.17.